The van der Waals surface area contributed by atoms with Gasteiger partial charge in [0.15, 0.2) is 5.82 Å². The van der Waals surface area contributed by atoms with Gasteiger partial charge in [-0.3, -0.25) is 4.72 Å². The molecule has 1 heterocycles. The Hall–Kier alpha value is -0.440. The van der Waals surface area contributed by atoms with Crippen molar-refractivity contribution in [2.75, 3.05) is 11.3 Å². The Kier molecular flexibility index (Phi) is 4.90. The minimum absolute atomic E-state index is 0.101. The van der Waals surface area contributed by atoms with Crippen LogP contribution in [0, 0.1) is 0 Å². The quantitative estimate of drug-likeness (QED) is 0.803. The Bertz CT molecular complexity index is 467. The normalized spacial score (nSPS) is 11.4. The molecule has 0 fully saturated rings. The van der Waals surface area contributed by atoms with Crippen LogP contribution in [-0.4, -0.2) is 24.9 Å². The van der Waals surface area contributed by atoms with Gasteiger partial charge in [-0.25, -0.2) is 9.97 Å². The zero-order chi connectivity index (χ0) is 12.2. The number of aromatic nitrogens is 2. The first kappa shape index (κ1) is 13.6. The molecule has 0 radical (unpaired) electrons. The van der Waals surface area contributed by atoms with Gasteiger partial charge in [0, 0.05) is 6.54 Å². The summed E-state index contributed by atoms with van der Waals surface area (Å²) < 4.78 is 27.8. The lowest BCUT2D eigenvalue weighted by Crippen LogP contribution is -2.31. The number of hydrogen-bond acceptors (Lipinski definition) is 4. The lowest BCUT2D eigenvalue weighted by Gasteiger charge is -2.09. The van der Waals surface area contributed by atoms with Crippen LogP contribution in [0.4, 0.5) is 5.82 Å². The average Bonchev–Trinajstić information content (AvgIpc) is 2.22. The highest BCUT2D eigenvalue weighted by atomic mass is 79.9. The molecule has 0 aliphatic rings. The van der Waals surface area contributed by atoms with Crippen molar-refractivity contribution >= 4 is 43.6 Å². The zero-order valence-corrected chi connectivity index (χ0v) is 11.5. The molecule has 0 amide bonds. The number of anilines is 1. The van der Waals surface area contributed by atoms with Crippen LogP contribution in [0.3, 0.4) is 0 Å². The van der Waals surface area contributed by atoms with E-state index in [1.54, 1.807) is 0 Å². The second kappa shape index (κ2) is 5.76. The monoisotopic (exact) mass is 328 g/mol. The van der Waals surface area contributed by atoms with Crippen LogP contribution >= 0.6 is 27.5 Å². The van der Waals surface area contributed by atoms with Crippen LogP contribution in [0.15, 0.2) is 10.8 Å². The maximum atomic E-state index is 11.5. The van der Waals surface area contributed by atoms with Gasteiger partial charge in [0.2, 0.25) is 0 Å². The van der Waals surface area contributed by atoms with Crippen LogP contribution in [0.5, 0.6) is 0 Å². The summed E-state index contributed by atoms with van der Waals surface area (Å²) in [6.07, 6.45) is 1.87. The zero-order valence-electron chi connectivity index (χ0n) is 8.37. The minimum atomic E-state index is -3.61. The number of rotatable bonds is 5. The lowest BCUT2D eigenvalue weighted by molar-refractivity contribution is 0.586. The summed E-state index contributed by atoms with van der Waals surface area (Å²) in [6.45, 7) is 2.21. The molecule has 0 spiro atoms. The minimum Gasteiger partial charge on any atom is -0.254 e. The van der Waals surface area contributed by atoms with Crippen molar-refractivity contribution < 1.29 is 8.42 Å². The van der Waals surface area contributed by atoms with Crippen molar-refractivity contribution in [2.45, 2.75) is 13.3 Å². The molecule has 1 aromatic rings. The number of halogens is 2. The largest absolute Gasteiger partial charge is 0.300 e. The van der Waals surface area contributed by atoms with E-state index in [2.05, 4.69) is 35.3 Å². The molecular formula is C7H10BrClN4O2S. The van der Waals surface area contributed by atoms with Gasteiger partial charge in [0.25, 0.3) is 10.2 Å². The Balaban J connectivity index is 2.84. The SMILES string of the molecule is CCCNS(=O)(=O)Nc1ncnc(Cl)c1Br. The highest BCUT2D eigenvalue weighted by Crippen LogP contribution is 2.26. The molecule has 0 bridgehead atoms. The maximum Gasteiger partial charge on any atom is 0.300 e. The predicted molar refractivity (Wildman–Crippen MR) is 65.6 cm³/mol. The predicted octanol–water partition coefficient (Wildman–Crippen LogP) is 1.55. The van der Waals surface area contributed by atoms with E-state index in [0.29, 0.717) is 17.4 Å². The molecule has 0 aromatic carbocycles. The maximum absolute atomic E-state index is 11.5. The van der Waals surface area contributed by atoms with Gasteiger partial charge in [-0.15, -0.1) is 0 Å². The van der Waals surface area contributed by atoms with E-state index >= 15 is 0 Å². The van der Waals surface area contributed by atoms with Crippen molar-refractivity contribution in [1.82, 2.24) is 14.7 Å². The molecule has 0 aliphatic carbocycles. The lowest BCUT2D eigenvalue weighted by atomic mass is 10.5. The van der Waals surface area contributed by atoms with E-state index in [9.17, 15) is 8.42 Å². The first-order valence-corrected chi connectivity index (χ1v) is 7.05. The van der Waals surface area contributed by atoms with E-state index in [1.165, 1.54) is 6.33 Å². The van der Waals surface area contributed by atoms with Crippen LogP contribution < -0.4 is 9.44 Å². The Labute approximate surface area is 107 Å². The molecule has 6 nitrogen and oxygen atoms in total. The van der Waals surface area contributed by atoms with E-state index in [0.717, 1.165) is 0 Å². The molecule has 16 heavy (non-hydrogen) atoms. The molecule has 1 aromatic heterocycles. The van der Waals surface area contributed by atoms with Crippen molar-refractivity contribution in [2.24, 2.45) is 0 Å². The topological polar surface area (TPSA) is 84.0 Å². The van der Waals surface area contributed by atoms with Crippen LogP contribution in [0.1, 0.15) is 13.3 Å². The Morgan fingerprint density at radius 1 is 1.50 bits per heavy atom. The second-order valence-electron chi connectivity index (χ2n) is 2.83. The summed E-state index contributed by atoms with van der Waals surface area (Å²) in [5, 5.41) is 0.142. The molecule has 0 unspecified atom stereocenters. The van der Waals surface area contributed by atoms with Crippen LogP contribution in [0.2, 0.25) is 5.15 Å². The summed E-state index contributed by atoms with van der Waals surface area (Å²) >= 11 is 8.78. The highest BCUT2D eigenvalue weighted by molar-refractivity contribution is 9.10. The molecule has 0 atom stereocenters. The van der Waals surface area contributed by atoms with Crippen molar-refractivity contribution in [1.29, 1.82) is 0 Å². The summed E-state index contributed by atoms with van der Waals surface area (Å²) in [6, 6.07) is 0. The fourth-order valence-corrected chi connectivity index (χ4v) is 2.34. The Morgan fingerprint density at radius 3 is 2.81 bits per heavy atom. The van der Waals surface area contributed by atoms with Crippen molar-refractivity contribution in [3.63, 3.8) is 0 Å². The van der Waals surface area contributed by atoms with Gasteiger partial charge >= 0.3 is 0 Å². The van der Waals surface area contributed by atoms with E-state index in [4.69, 9.17) is 11.6 Å². The molecule has 0 saturated heterocycles. The third-order valence-electron chi connectivity index (χ3n) is 1.52. The number of nitrogens with zero attached hydrogens (tertiary/aromatic N) is 2. The molecular weight excluding hydrogens is 320 g/mol. The molecule has 9 heteroatoms. The summed E-state index contributed by atoms with van der Waals surface area (Å²) in [7, 11) is -3.61. The molecule has 0 saturated carbocycles. The summed E-state index contributed by atoms with van der Waals surface area (Å²) in [5.41, 5.74) is 0. The molecule has 2 N–H and O–H groups in total. The second-order valence-corrected chi connectivity index (χ2v) is 5.48. The molecule has 90 valence electrons. The highest BCUT2D eigenvalue weighted by Gasteiger charge is 2.13. The third kappa shape index (κ3) is 3.85. The summed E-state index contributed by atoms with van der Waals surface area (Å²) in [4.78, 5) is 7.44. The van der Waals surface area contributed by atoms with E-state index in [-0.39, 0.29) is 11.0 Å². The standard InChI is InChI=1S/C7H10BrClN4O2S/c1-2-3-12-16(14,15)13-7-5(8)6(9)10-4-11-7/h4,12H,2-3H2,1H3,(H,10,11,13). The number of nitrogens with one attached hydrogen (secondary N) is 2. The Morgan fingerprint density at radius 2 is 2.19 bits per heavy atom. The van der Waals surface area contributed by atoms with Gasteiger partial charge in [-0.1, -0.05) is 18.5 Å². The molecule has 1 rings (SSSR count). The van der Waals surface area contributed by atoms with Crippen LogP contribution in [-0.2, 0) is 10.2 Å². The van der Waals surface area contributed by atoms with Crippen LogP contribution in [0.25, 0.3) is 0 Å². The molecule has 0 aliphatic heterocycles. The third-order valence-corrected chi connectivity index (χ3v) is 3.83. The number of hydrogen-bond donors (Lipinski definition) is 2. The van der Waals surface area contributed by atoms with Gasteiger partial charge in [0.1, 0.15) is 11.5 Å². The first-order chi connectivity index (χ1) is 7.46. The van der Waals surface area contributed by atoms with Gasteiger partial charge in [0.05, 0.1) is 4.47 Å². The van der Waals surface area contributed by atoms with Gasteiger partial charge < -0.3 is 0 Å². The van der Waals surface area contributed by atoms with Gasteiger partial charge in [-0.05, 0) is 22.4 Å². The fourth-order valence-electron chi connectivity index (χ4n) is 0.819. The summed E-state index contributed by atoms with van der Waals surface area (Å²) in [5.74, 6) is 0.101. The van der Waals surface area contributed by atoms with E-state index < -0.39 is 10.2 Å². The van der Waals surface area contributed by atoms with Crippen molar-refractivity contribution in [3.8, 4) is 0 Å². The smallest absolute Gasteiger partial charge is 0.254 e. The van der Waals surface area contributed by atoms with Gasteiger partial charge in [-0.2, -0.15) is 13.1 Å². The van der Waals surface area contributed by atoms with E-state index in [1.807, 2.05) is 6.92 Å². The van der Waals surface area contributed by atoms with Crippen molar-refractivity contribution in [3.05, 3.63) is 16.0 Å². The first-order valence-electron chi connectivity index (χ1n) is 4.39. The average molecular weight is 330 g/mol. The fraction of sp³-hybridized carbons (Fsp3) is 0.429.